The van der Waals surface area contributed by atoms with E-state index in [-0.39, 0.29) is 12.1 Å². The van der Waals surface area contributed by atoms with Crippen LogP contribution in [0, 0.1) is 6.92 Å². The van der Waals surface area contributed by atoms with Crippen LogP contribution in [0.25, 0.3) is 0 Å². The lowest BCUT2D eigenvalue weighted by Crippen LogP contribution is -2.52. The summed E-state index contributed by atoms with van der Waals surface area (Å²) in [5, 5.41) is 0. The van der Waals surface area contributed by atoms with E-state index in [0.717, 1.165) is 31.2 Å². The van der Waals surface area contributed by atoms with E-state index in [9.17, 15) is 8.42 Å². The molecule has 0 saturated carbocycles. The van der Waals surface area contributed by atoms with E-state index in [4.69, 9.17) is 4.74 Å². The van der Waals surface area contributed by atoms with Crippen LogP contribution in [0.15, 0.2) is 65.6 Å². The average Bonchev–Trinajstić information content (AvgIpc) is 2.61. The van der Waals surface area contributed by atoms with Crippen molar-refractivity contribution in [3.05, 3.63) is 66.2 Å². The minimum Gasteiger partial charge on any atom is -0.486 e. The number of para-hydroxylation sites is 2. The van der Waals surface area contributed by atoms with Gasteiger partial charge in [0, 0.05) is 0 Å². The van der Waals surface area contributed by atoms with E-state index in [1.165, 1.54) is 0 Å². The number of anilines is 1. The van der Waals surface area contributed by atoms with Gasteiger partial charge in [-0.3, -0.25) is 4.31 Å². The van der Waals surface area contributed by atoms with Gasteiger partial charge < -0.3 is 4.74 Å². The van der Waals surface area contributed by atoms with Gasteiger partial charge >= 0.3 is 0 Å². The Balaban J connectivity index is 1.84. The van der Waals surface area contributed by atoms with Gasteiger partial charge in [-0.25, -0.2) is 8.42 Å². The molecule has 0 radical (unpaired) electrons. The molecule has 0 unspecified atom stereocenters. The number of aryl methyl sites for hydroxylation is 1. The Labute approximate surface area is 155 Å². The first kappa shape index (κ1) is 17.2. The molecule has 136 valence electrons. The Morgan fingerprint density at radius 1 is 0.962 bits per heavy atom. The van der Waals surface area contributed by atoms with Gasteiger partial charge in [-0.05, 0) is 56.9 Å². The fourth-order valence-electron chi connectivity index (χ4n) is 3.76. The lowest BCUT2D eigenvalue weighted by Gasteiger charge is -2.43. The largest absolute Gasteiger partial charge is 0.486 e. The van der Waals surface area contributed by atoms with Crippen LogP contribution in [-0.2, 0) is 10.0 Å². The number of benzene rings is 2. The number of hydrogen-bond donors (Lipinski definition) is 0. The summed E-state index contributed by atoms with van der Waals surface area (Å²) >= 11 is 0. The number of sulfonamides is 1. The minimum absolute atomic E-state index is 0.130. The van der Waals surface area contributed by atoms with Crippen LogP contribution in [-0.4, -0.2) is 20.6 Å². The predicted molar refractivity (Wildman–Crippen MR) is 103 cm³/mol. The third kappa shape index (κ3) is 3.01. The van der Waals surface area contributed by atoms with Crippen molar-refractivity contribution in [2.45, 2.75) is 49.6 Å². The van der Waals surface area contributed by atoms with Crippen LogP contribution in [0.4, 0.5) is 5.69 Å². The molecule has 2 aliphatic rings. The number of hydrogen-bond acceptors (Lipinski definition) is 3. The van der Waals surface area contributed by atoms with Crippen LogP contribution >= 0.6 is 0 Å². The van der Waals surface area contributed by atoms with Crippen molar-refractivity contribution in [3.63, 3.8) is 0 Å². The van der Waals surface area contributed by atoms with Gasteiger partial charge in [0.15, 0.2) is 0 Å². The molecule has 4 rings (SSSR count). The zero-order valence-electron chi connectivity index (χ0n) is 14.8. The number of nitrogens with zero attached hydrogens (tertiary/aromatic N) is 1. The highest BCUT2D eigenvalue weighted by Gasteiger charge is 2.42. The highest BCUT2D eigenvalue weighted by atomic mass is 32.2. The van der Waals surface area contributed by atoms with Crippen molar-refractivity contribution in [3.8, 4) is 5.75 Å². The molecule has 0 spiro atoms. The Kier molecular flexibility index (Phi) is 4.49. The summed E-state index contributed by atoms with van der Waals surface area (Å²) < 4.78 is 35.0. The zero-order chi connectivity index (χ0) is 18.1. The third-order valence-corrected chi connectivity index (χ3v) is 6.96. The fraction of sp³-hybridized carbons (Fsp3) is 0.333. The Hall–Kier alpha value is -2.27. The first-order valence-corrected chi connectivity index (χ1v) is 10.5. The summed E-state index contributed by atoms with van der Waals surface area (Å²) in [5.41, 5.74) is 1.68. The van der Waals surface area contributed by atoms with Crippen LogP contribution in [0.2, 0.25) is 0 Å². The maximum Gasteiger partial charge on any atom is 0.264 e. The van der Waals surface area contributed by atoms with Gasteiger partial charge in [0.1, 0.15) is 11.9 Å². The maximum atomic E-state index is 13.6. The first-order chi connectivity index (χ1) is 12.6. The van der Waals surface area contributed by atoms with Crippen LogP contribution in [0.1, 0.15) is 31.2 Å². The van der Waals surface area contributed by atoms with Gasteiger partial charge in [0.2, 0.25) is 0 Å². The second-order valence-corrected chi connectivity index (χ2v) is 8.75. The molecule has 0 fully saturated rings. The monoisotopic (exact) mass is 369 g/mol. The van der Waals surface area contributed by atoms with Gasteiger partial charge in [0.05, 0.1) is 16.6 Å². The van der Waals surface area contributed by atoms with Crippen LogP contribution in [0.3, 0.4) is 0 Å². The second kappa shape index (κ2) is 6.80. The lowest BCUT2D eigenvalue weighted by atomic mass is 9.96. The quantitative estimate of drug-likeness (QED) is 0.735. The summed E-state index contributed by atoms with van der Waals surface area (Å²) in [6.07, 6.45) is 7.51. The van der Waals surface area contributed by atoms with Crippen molar-refractivity contribution in [2.24, 2.45) is 0 Å². The van der Waals surface area contributed by atoms with E-state index >= 15 is 0 Å². The molecule has 0 saturated heterocycles. The molecule has 2 aromatic rings. The number of allylic oxidation sites excluding steroid dienone is 2. The molecular weight excluding hydrogens is 346 g/mol. The Morgan fingerprint density at radius 2 is 1.65 bits per heavy atom. The molecule has 2 atom stereocenters. The second-order valence-electron chi connectivity index (χ2n) is 6.93. The zero-order valence-corrected chi connectivity index (χ0v) is 15.7. The summed E-state index contributed by atoms with van der Waals surface area (Å²) in [5.74, 6) is 0.647. The van der Waals surface area contributed by atoms with Crippen LogP contribution < -0.4 is 9.04 Å². The predicted octanol–water partition coefficient (Wildman–Crippen LogP) is 4.45. The van der Waals surface area contributed by atoms with Gasteiger partial charge in [-0.15, -0.1) is 0 Å². The third-order valence-electron chi connectivity index (χ3n) is 5.10. The normalized spacial score (nSPS) is 23.8. The Bertz CT molecular complexity index is 919. The van der Waals surface area contributed by atoms with Crippen molar-refractivity contribution in [1.82, 2.24) is 0 Å². The molecule has 26 heavy (non-hydrogen) atoms. The van der Waals surface area contributed by atoms with Gasteiger partial charge in [-0.2, -0.15) is 0 Å². The molecule has 1 heterocycles. The number of rotatable bonds is 2. The standard InChI is InChI=1S/C21H23NO3S/c1-16-12-14-17(15-13-16)26(23,24)22-18-8-4-2-3-5-10-20(18)25-21-11-7-6-9-19(21)22/h2-3,6-7,9,11-15,18,20H,4-5,8,10H2,1H3/b3-2-/t18-,20-/m1/s1. The van der Waals surface area contributed by atoms with E-state index in [2.05, 4.69) is 12.2 Å². The topological polar surface area (TPSA) is 46.6 Å². The van der Waals surface area contributed by atoms with Crippen molar-refractivity contribution in [1.29, 1.82) is 0 Å². The van der Waals surface area contributed by atoms with E-state index in [1.54, 1.807) is 16.4 Å². The lowest BCUT2D eigenvalue weighted by molar-refractivity contribution is 0.146. The molecular formula is C21H23NO3S. The fourth-order valence-corrected chi connectivity index (χ4v) is 5.47. The summed E-state index contributed by atoms with van der Waals surface area (Å²) in [6, 6.07) is 14.3. The molecule has 0 amide bonds. The van der Waals surface area contributed by atoms with E-state index < -0.39 is 10.0 Å². The molecule has 0 N–H and O–H groups in total. The molecule has 0 bridgehead atoms. The highest BCUT2D eigenvalue weighted by Crippen LogP contribution is 2.42. The molecule has 2 aromatic carbocycles. The van der Waals surface area contributed by atoms with E-state index in [1.807, 2.05) is 43.3 Å². The smallest absolute Gasteiger partial charge is 0.264 e. The minimum atomic E-state index is -3.66. The number of fused-ring (bicyclic) bond motifs is 2. The van der Waals surface area contributed by atoms with Crippen LogP contribution in [0.5, 0.6) is 5.75 Å². The Morgan fingerprint density at radius 3 is 2.42 bits per heavy atom. The molecule has 1 aliphatic heterocycles. The SMILES string of the molecule is Cc1ccc(S(=O)(=O)N2c3ccccc3O[C@@H]3CC/C=C\CC[C@H]32)cc1. The summed E-state index contributed by atoms with van der Waals surface area (Å²) in [4.78, 5) is 0.330. The van der Waals surface area contributed by atoms with Crippen molar-refractivity contribution in [2.75, 3.05) is 4.31 Å². The highest BCUT2D eigenvalue weighted by molar-refractivity contribution is 7.92. The molecule has 0 aromatic heterocycles. The van der Waals surface area contributed by atoms with Gasteiger partial charge in [0.25, 0.3) is 10.0 Å². The summed E-state index contributed by atoms with van der Waals surface area (Å²) in [7, 11) is -3.66. The summed E-state index contributed by atoms with van der Waals surface area (Å²) in [6.45, 7) is 1.96. The van der Waals surface area contributed by atoms with Gasteiger partial charge in [-0.1, -0.05) is 42.0 Å². The number of ether oxygens (including phenoxy) is 1. The van der Waals surface area contributed by atoms with Crippen molar-refractivity contribution >= 4 is 15.7 Å². The molecule has 5 heteroatoms. The first-order valence-electron chi connectivity index (χ1n) is 9.09. The van der Waals surface area contributed by atoms with Crippen molar-refractivity contribution < 1.29 is 13.2 Å². The van der Waals surface area contributed by atoms with E-state index in [0.29, 0.717) is 16.3 Å². The molecule has 1 aliphatic carbocycles. The maximum absolute atomic E-state index is 13.6. The molecule has 4 nitrogen and oxygen atoms in total. The average molecular weight is 369 g/mol.